The van der Waals surface area contributed by atoms with E-state index in [1.807, 2.05) is 0 Å². The third-order valence-electron chi connectivity index (χ3n) is 2.50. The van der Waals surface area contributed by atoms with Crippen molar-refractivity contribution in [3.63, 3.8) is 0 Å². The number of methoxy groups -OCH3 is 1. The molecular weight excluding hydrogens is 156 g/mol. The van der Waals surface area contributed by atoms with Crippen LogP contribution in [-0.4, -0.2) is 24.3 Å². The highest BCUT2D eigenvalue weighted by Gasteiger charge is 2.22. The van der Waals surface area contributed by atoms with Gasteiger partial charge in [0.2, 0.25) is 0 Å². The Bertz CT molecular complexity index is 156. The van der Waals surface area contributed by atoms with Crippen molar-refractivity contribution in [3.05, 3.63) is 0 Å². The first-order chi connectivity index (χ1) is 5.72. The molecule has 1 N–H and O–H groups in total. The van der Waals surface area contributed by atoms with Crippen LogP contribution in [0.4, 0.5) is 0 Å². The summed E-state index contributed by atoms with van der Waals surface area (Å²) in [6.45, 7) is 0. The molecule has 1 aliphatic carbocycles. The standard InChI is InChI=1S/C9H16O3/c1-12-9(11)5-3-7-2-4-8(10)6-7/h7-8,10H,2-6H2,1H3. The molecule has 0 amide bonds. The number of esters is 1. The van der Waals surface area contributed by atoms with E-state index in [0.717, 1.165) is 25.7 Å². The maximum Gasteiger partial charge on any atom is 0.305 e. The van der Waals surface area contributed by atoms with E-state index in [1.54, 1.807) is 0 Å². The molecule has 2 atom stereocenters. The van der Waals surface area contributed by atoms with Gasteiger partial charge in [0, 0.05) is 6.42 Å². The topological polar surface area (TPSA) is 46.5 Å². The molecule has 0 heterocycles. The van der Waals surface area contributed by atoms with Crippen molar-refractivity contribution in [3.8, 4) is 0 Å². The Balaban J connectivity index is 2.11. The van der Waals surface area contributed by atoms with E-state index in [-0.39, 0.29) is 12.1 Å². The normalized spacial score (nSPS) is 28.8. The van der Waals surface area contributed by atoms with Gasteiger partial charge in [0.15, 0.2) is 0 Å². The monoisotopic (exact) mass is 172 g/mol. The molecular formula is C9H16O3. The molecule has 0 aromatic carbocycles. The summed E-state index contributed by atoms with van der Waals surface area (Å²) in [6.07, 6.45) is 4.03. The van der Waals surface area contributed by atoms with Crippen LogP contribution in [-0.2, 0) is 9.53 Å². The Labute approximate surface area is 72.7 Å². The fourth-order valence-corrected chi connectivity index (χ4v) is 1.73. The summed E-state index contributed by atoms with van der Waals surface area (Å²) < 4.78 is 4.54. The summed E-state index contributed by atoms with van der Waals surface area (Å²) >= 11 is 0. The molecule has 0 spiro atoms. The van der Waals surface area contributed by atoms with Gasteiger partial charge in [0.05, 0.1) is 13.2 Å². The van der Waals surface area contributed by atoms with Crippen LogP contribution in [0.25, 0.3) is 0 Å². The Morgan fingerprint density at radius 1 is 1.58 bits per heavy atom. The van der Waals surface area contributed by atoms with Crippen molar-refractivity contribution in [1.29, 1.82) is 0 Å². The van der Waals surface area contributed by atoms with Gasteiger partial charge in [0.25, 0.3) is 0 Å². The molecule has 12 heavy (non-hydrogen) atoms. The number of aliphatic hydroxyl groups is 1. The van der Waals surface area contributed by atoms with Crippen LogP contribution in [0, 0.1) is 5.92 Å². The Hall–Kier alpha value is -0.570. The van der Waals surface area contributed by atoms with Gasteiger partial charge < -0.3 is 9.84 Å². The molecule has 2 unspecified atom stereocenters. The molecule has 0 aromatic heterocycles. The van der Waals surface area contributed by atoms with Crippen molar-refractivity contribution in [2.45, 2.75) is 38.2 Å². The number of rotatable bonds is 3. The molecule has 0 radical (unpaired) electrons. The van der Waals surface area contributed by atoms with Crippen LogP contribution in [0.1, 0.15) is 32.1 Å². The van der Waals surface area contributed by atoms with Crippen LogP contribution in [0.5, 0.6) is 0 Å². The zero-order chi connectivity index (χ0) is 8.97. The first-order valence-corrected chi connectivity index (χ1v) is 4.47. The largest absolute Gasteiger partial charge is 0.469 e. The second-order valence-electron chi connectivity index (χ2n) is 3.45. The van der Waals surface area contributed by atoms with Crippen molar-refractivity contribution in [2.24, 2.45) is 5.92 Å². The summed E-state index contributed by atoms with van der Waals surface area (Å²) in [6, 6.07) is 0. The van der Waals surface area contributed by atoms with E-state index < -0.39 is 0 Å². The fraction of sp³-hybridized carbons (Fsp3) is 0.889. The minimum atomic E-state index is -0.142. The first-order valence-electron chi connectivity index (χ1n) is 4.47. The fourth-order valence-electron chi connectivity index (χ4n) is 1.73. The second-order valence-corrected chi connectivity index (χ2v) is 3.45. The van der Waals surface area contributed by atoms with E-state index in [4.69, 9.17) is 0 Å². The molecule has 0 saturated heterocycles. The van der Waals surface area contributed by atoms with E-state index in [9.17, 15) is 9.90 Å². The van der Waals surface area contributed by atoms with Gasteiger partial charge >= 0.3 is 5.97 Å². The number of aliphatic hydroxyl groups excluding tert-OH is 1. The van der Waals surface area contributed by atoms with Gasteiger partial charge in [-0.25, -0.2) is 0 Å². The van der Waals surface area contributed by atoms with Crippen LogP contribution in [0.3, 0.4) is 0 Å². The van der Waals surface area contributed by atoms with Gasteiger partial charge in [-0.05, 0) is 31.6 Å². The van der Waals surface area contributed by atoms with Crippen molar-refractivity contribution >= 4 is 5.97 Å². The Morgan fingerprint density at radius 3 is 2.83 bits per heavy atom. The van der Waals surface area contributed by atoms with Gasteiger partial charge in [-0.2, -0.15) is 0 Å². The third kappa shape index (κ3) is 2.81. The summed E-state index contributed by atoms with van der Waals surface area (Å²) in [5.74, 6) is 0.385. The van der Waals surface area contributed by atoms with E-state index in [0.29, 0.717) is 12.3 Å². The zero-order valence-electron chi connectivity index (χ0n) is 7.45. The average Bonchev–Trinajstić information content (AvgIpc) is 2.47. The van der Waals surface area contributed by atoms with Crippen LogP contribution >= 0.6 is 0 Å². The molecule has 0 bridgehead atoms. The second kappa shape index (κ2) is 4.45. The predicted molar refractivity (Wildman–Crippen MR) is 44.6 cm³/mol. The summed E-state index contributed by atoms with van der Waals surface area (Å²) in [5.41, 5.74) is 0. The number of hydrogen-bond donors (Lipinski definition) is 1. The number of carbonyl (C=O) groups is 1. The lowest BCUT2D eigenvalue weighted by Gasteiger charge is -2.06. The smallest absolute Gasteiger partial charge is 0.305 e. The summed E-state index contributed by atoms with van der Waals surface area (Å²) in [7, 11) is 1.41. The van der Waals surface area contributed by atoms with E-state index in [2.05, 4.69) is 4.74 Å². The van der Waals surface area contributed by atoms with Gasteiger partial charge in [-0.1, -0.05) is 0 Å². The lowest BCUT2D eigenvalue weighted by atomic mass is 10.0. The van der Waals surface area contributed by atoms with E-state index in [1.165, 1.54) is 7.11 Å². The number of hydrogen-bond acceptors (Lipinski definition) is 3. The third-order valence-corrected chi connectivity index (χ3v) is 2.50. The summed E-state index contributed by atoms with van der Waals surface area (Å²) in [4.78, 5) is 10.8. The van der Waals surface area contributed by atoms with Gasteiger partial charge in [-0.15, -0.1) is 0 Å². The average molecular weight is 172 g/mol. The highest BCUT2D eigenvalue weighted by molar-refractivity contribution is 5.69. The minimum absolute atomic E-state index is 0.132. The number of carbonyl (C=O) groups excluding carboxylic acids is 1. The Kier molecular flexibility index (Phi) is 3.53. The molecule has 3 nitrogen and oxygen atoms in total. The molecule has 1 saturated carbocycles. The lowest BCUT2D eigenvalue weighted by molar-refractivity contribution is -0.140. The molecule has 0 aliphatic heterocycles. The minimum Gasteiger partial charge on any atom is -0.469 e. The maximum absolute atomic E-state index is 10.8. The first kappa shape index (κ1) is 9.52. The van der Waals surface area contributed by atoms with Crippen LogP contribution < -0.4 is 0 Å². The SMILES string of the molecule is COC(=O)CCC1CCC(O)C1. The van der Waals surface area contributed by atoms with E-state index >= 15 is 0 Å². The highest BCUT2D eigenvalue weighted by atomic mass is 16.5. The molecule has 1 aliphatic rings. The molecule has 0 aromatic rings. The predicted octanol–water partition coefficient (Wildman–Crippen LogP) is 1.10. The van der Waals surface area contributed by atoms with Crippen molar-refractivity contribution in [2.75, 3.05) is 7.11 Å². The number of ether oxygens (including phenoxy) is 1. The maximum atomic E-state index is 10.8. The van der Waals surface area contributed by atoms with Gasteiger partial charge in [-0.3, -0.25) is 4.79 Å². The Morgan fingerprint density at radius 2 is 2.33 bits per heavy atom. The zero-order valence-corrected chi connectivity index (χ0v) is 7.45. The van der Waals surface area contributed by atoms with Gasteiger partial charge in [0.1, 0.15) is 0 Å². The molecule has 3 heteroatoms. The highest BCUT2D eigenvalue weighted by Crippen LogP contribution is 2.28. The van der Waals surface area contributed by atoms with Crippen LogP contribution in [0.2, 0.25) is 0 Å². The summed E-state index contributed by atoms with van der Waals surface area (Å²) in [5, 5.41) is 9.21. The quantitative estimate of drug-likeness (QED) is 0.648. The molecule has 1 fully saturated rings. The van der Waals surface area contributed by atoms with Crippen molar-refractivity contribution < 1.29 is 14.6 Å². The van der Waals surface area contributed by atoms with Crippen LogP contribution in [0.15, 0.2) is 0 Å². The molecule has 1 rings (SSSR count). The molecule has 70 valence electrons. The lowest BCUT2D eigenvalue weighted by Crippen LogP contribution is -2.05. The van der Waals surface area contributed by atoms with Crippen molar-refractivity contribution in [1.82, 2.24) is 0 Å².